The van der Waals surface area contributed by atoms with E-state index in [9.17, 15) is 18.8 Å². The van der Waals surface area contributed by atoms with Gasteiger partial charge in [-0.2, -0.15) is 0 Å². The third-order valence-electron chi connectivity index (χ3n) is 8.97. The monoisotopic (exact) mass is 592 g/mol. The number of halogens is 1. The molecule has 1 saturated heterocycles. The summed E-state index contributed by atoms with van der Waals surface area (Å²) in [4.78, 5) is 44.8. The minimum Gasteiger partial charge on any atom is -0.462 e. The maximum atomic E-state index is 13.7. The number of nitrogens with zero attached hydrogens (tertiary/aromatic N) is 2. The van der Waals surface area contributed by atoms with Crippen molar-refractivity contribution in [1.29, 1.82) is 0 Å². The molecule has 7 atom stereocenters. The molecule has 5 rings (SSSR count). The average molecular weight is 593 g/mol. The third-order valence-corrected chi connectivity index (χ3v) is 8.97. The first kappa shape index (κ1) is 30.7. The van der Waals surface area contributed by atoms with Gasteiger partial charge in [-0.05, 0) is 108 Å². The molecule has 43 heavy (non-hydrogen) atoms. The van der Waals surface area contributed by atoms with E-state index in [1.54, 1.807) is 40.0 Å². The van der Waals surface area contributed by atoms with Crippen LogP contribution in [0.4, 0.5) is 14.0 Å². The molecular weight excluding hydrogens is 551 g/mol. The average Bonchev–Trinajstić information content (AvgIpc) is 3.23. The van der Waals surface area contributed by atoms with Crippen LogP contribution in [0.15, 0.2) is 48.7 Å². The van der Waals surface area contributed by atoms with E-state index in [1.165, 1.54) is 12.1 Å². The van der Waals surface area contributed by atoms with Crippen molar-refractivity contribution in [2.24, 2.45) is 29.6 Å². The summed E-state index contributed by atoms with van der Waals surface area (Å²) >= 11 is 0. The summed E-state index contributed by atoms with van der Waals surface area (Å²) in [6.07, 6.45) is 6.89. The molecule has 9 heteroatoms. The number of rotatable bonds is 5. The van der Waals surface area contributed by atoms with Crippen molar-refractivity contribution < 1.29 is 33.0 Å². The molecular formula is C34H41FN2O6. The largest absolute Gasteiger partial charge is 0.462 e. The number of carbonyl (C=O) groups is 3. The van der Waals surface area contributed by atoms with Crippen molar-refractivity contribution in [2.75, 3.05) is 6.61 Å². The molecule has 2 aromatic rings. The third kappa shape index (κ3) is 6.76. The molecule has 1 unspecified atom stereocenters. The van der Waals surface area contributed by atoms with Gasteiger partial charge in [-0.15, -0.1) is 0 Å². The Bertz CT molecular complexity index is 1370. The van der Waals surface area contributed by atoms with E-state index >= 15 is 0 Å². The van der Waals surface area contributed by atoms with E-state index in [-0.39, 0.29) is 60.1 Å². The number of hydrogen-bond acceptors (Lipinski definition) is 7. The van der Waals surface area contributed by atoms with Crippen molar-refractivity contribution in [3.63, 3.8) is 0 Å². The van der Waals surface area contributed by atoms with Crippen LogP contribution in [0.1, 0.15) is 66.0 Å². The second-order valence-corrected chi connectivity index (χ2v) is 12.9. The van der Waals surface area contributed by atoms with Gasteiger partial charge in [-0.3, -0.25) is 9.78 Å². The Labute approximate surface area is 252 Å². The number of carbonyl (C=O) groups excluding carboxylic acids is 3. The lowest BCUT2D eigenvalue weighted by Crippen LogP contribution is -2.52. The summed E-state index contributed by atoms with van der Waals surface area (Å²) < 4.78 is 30.3. The van der Waals surface area contributed by atoms with Crippen LogP contribution in [0.3, 0.4) is 0 Å². The number of amides is 2. The van der Waals surface area contributed by atoms with Gasteiger partial charge < -0.3 is 14.2 Å². The fourth-order valence-corrected chi connectivity index (χ4v) is 7.25. The molecule has 0 bridgehead atoms. The number of allylic oxidation sites excluding steroid dienone is 1. The molecule has 3 aliphatic rings. The van der Waals surface area contributed by atoms with Gasteiger partial charge in [-0.1, -0.05) is 24.3 Å². The van der Waals surface area contributed by atoms with Gasteiger partial charge >= 0.3 is 18.2 Å². The Balaban J connectivity index is 1.38. The van der Waals surface area contributed by atoms with Gasteiger partial charge in [0.15, 0.2) is 0 Å². The minimum atomic E-state index is -0.764. The number of benzene rings is 1. The predicted octanol–water partition coefficient (Wildman–Crippen LogP) is 7.28. The van der Waals surface area contributed by atoms with E-state index < -0.39 is 17.8 Å². The number of hydrogen-bond donors (Lipinski definition) is 0. The van der Waals surface area contributed by atoms with Crippen LogP contribution in [-0.2, 0) is 19.0 Å². The minimum absolute atomic E-state index is 0.0418. The first-order valence-electron chi connectivity index (χ1n) is 15.2. The van der Waals surface area contributed by atoms with Crippen LogP contribution >= 0.6 is 0 Å². The van der Waals surface area contributed by atoms with Crippen molar-refractivity contribution in [3.8, 4) is 11.1 Å². The summed E-state index contributed by atoms with van der Waals surface area (Å²) in [6.45, 7) is 9.11. The Hall–Kier alpha value is -3.75. The normalized spacial score (nSPS) is 28.5. The Kier molecular flexibility index (Phi) is 8.90. The quantitative estimate of drug-likeness (QED) is 0.266. The highest BCUT2D eigenvalue weighted by Gasteiger charge is 2.55. The molecule has 2 aliphatic carbocycles. The summed E-state index contributed by atoms with van der Waals surface area (Å²) in [5.41, 5.74) is 1.59. The van der Waals surface area contributed by atoms with E-state index in [1.807, 2.05) is 31.2 Å². The van der Waals surface area contributed by atoms with E-state index in [0.29, 0.717) is 19.3 Å². The zero-order chi connectivity index (χ0) is 30.9. The number of aromatic nitrogens is 1. The fourth-order valence-electron chi connectivity index (χ4n) is 7.25. The molecule has 8 nitrogen and oxygen atoms in total. The topological polar surface area (TPSA) is 95.0 Å². The lowest BCUT2D eigenvalue weighted by Gasteiger charge is -2.48. The van der Waals surface area contributed by atoms with Crippen LogP contribution in [0.2, 0.25) is 0 Å². The molecule has 2 amide bonds. The molecule has 2 heterocycles. The van der Waals surface area contributed by atoms with Crippen molar-refractivity contribution in [1.82, 2.24) is 9.88 Å². The molecule has 0 N–H and O–H groups in total. The number of esters is 1. The first-order chi connectivity index (χ1) is 20.4. The number of cyclic esters (lactones) is 1. The Morgan fingerprint density at radius 2 is 1.91 bits per heavy atom. The number of ether oxygens (including phenoxy) is 3. The molecule has 1 aromatic carbocycles. The van der Waals surface area contributed by atoms with Crippen LogP contribution in [-0.4, -0.2) is 52.4 Å². The summed E-state index contributed by atoms with van der Waals surface area (Å²) in [6, 6.07) is 9.86. The lowest BCUT2D eigenvalue weighted by atomic mass is 9.56. The number of imide groups is 1. The summed E-state index contributed by atoms with van der Waals surface area (Å²) in [5.74, 6) is -0.255. The molecule has 2 saturated carbocycles. The number of fused-ring (bicyclic) bond motifs is 2. The van der Waals surface area contributed by atoms with Gasteiger partial charge in [0.25, 0.3) is 0 Å². The highest BCUT2D eigenvalue weighted by molar-refractivity contribution is 5.88. The Morgan fingerprint density at radius 3 is 2.58 bits per heavy atom. The van der Waals surface area contributed by atoms with Crippen LogP contribution in [0.25, 0.3) is 17.2 Å². The van der Waals surface area contributed by atoms with Gasteiger partial charge in [0.2, 0.25) is 0 Å². The molecule has 0 radical (unpaired) electrons. The predicted molar refractivity (Wildman–Crippen MR) is 159 cm³/mol. The number of pyridine rings is 1. The molecule has 230 valence electrons. The molecule has 1 aliphatic heterocycles. The highest BCUT2D eigenvalue weighted by Crippen LogP contribution is 2.54. The smallest absolute Gasteiger partial charge is 0.420 e. The second-order valence-electron chi connectivity index (χ2n) is 12.9. The maximum Gasteiger partial charge on any atom is 0.420 e. The maximum absolute atomic E-state index is 13.7. The van der Waals surface area contributed by atoms with Gasteiger partial charge in [0.1, 0.15) is 17.5 Å². The zero-order valence-corrected chi connectivity index (χ0v) is 25.5. The van der Waals surface area contributed by atoms with Crippen LogP contribution in [0, 0.1) is 35.4 Å². The van der Waals surface area contributed by atoms with Gasteiger partial charge in [-0.25, -0.2) is 18.9 Å². The Morgan fingerprint density at radius 1 is 1.12 bits per heavy atom. The van der Waals surface area contributed by atoms with Crippen molar-refractivity contribution in [3.05, 3.63) is 60.2 Å². The second kappa shape index (κ2) is 12.5. The van der Waals surface area contributed by atoms with Crippen LogP contribution in [0.5, 0.6) is 0 Å². The van der Waals surface area contributed by atoms with E-state index in [2.05, 4.69) is 11.1 Å². The van der Waals surface area contributed by atoms with Crippen LogP contribution < -0.4 is 0 Å². The summed E-state index contributed by atoms with van der Waals surface area (Å²) in [5, 5.41) is 0. The zero-order valence-electron chi connectivity index (χ0n) is 25.5. The van der Waals surface area contributed by atoms with E-state index in [0.717, 1.165) is 28.1 Å². The van der Waals surface area contributed by atoms with Crippen molar-refractivity contribution >= 4 is 24.2 Å². The lowest BCUT2D eigenvalue weighted by molar-refractivity contribution is -0.144. The van der Waals surface area contributed by atoms with Crippen molar-refractivity contribution in [2.45, 2.75) is 78.0 Å². The SMILES string of the molecule is CCOC(=O)N(C(=O)OC(C)(C)C)C1CC[C@@H]2[C@@H](C1)C[C@H]1C(=O)O[C@H](C)[C@H]1[C@H]2/C=C/c1ccc(-c2cccc(F)c2)cn1. The first-order valence-corrected chi connectivity index (χ1v) is 15.2. The van der Waals surface area contributed by atoms with Gasteiger partial charge in [0.05, 0.1) is 18.2 Å². The molecule has 1 aromatic heterocycles. The van der Waals surface area contributed by atoms with Gasteiger partial charge in [0, 0.05) is 23.7 Å². The molecule has 3 fully saturated rings. The standard InChI is InChI=1S/C34H41FN2O6/c1-6-41-32(39)37(33(40)43-34(3,4)5)26-13-15-27-23(17-26)18-29-30(20(2)42-31(29)38)28(27)14-12-25-11-10-22(19-36-25)21-8-7-9-24(35)16-21/h7-12,14,16,19-20,23,26-30H,6,13,15,17-18H2,1-5H3/b14-12+/t20-,23+,26?,27-,28+,29-,30+/m1/s1. The van der Waals surface area contributed by atoms with E-state index in [4.69, 9.17) is 14.2 Å². The molecule has 0 spiro atoms. The summed E-state index contributed by atoms with van der Waals surface area (Å²) in [7, 11) is 0. The fraction of sp³-hybridized carbons (Fsp3) is 0.529. The highest BCUT2D eigenvalue weighted by atomic mass is 19.1.